The first-order chi connectivity index (χ1) is 10.9. The van der Waals surface area contributed by atoms with Gasteiger partial charge in [0.25, 0.3) is 0 Å². The van der Waals surface area contributed by atoms with E-state index in [1.54, 1.807) is 0 Å². The van der Waals surface area contributed by atoms with E-state index < -0.39 is 0 Å². The zero-order valence-corrected chi connectivity index (χ0v) is 13.9. The molecule has 1 N–H and O–H groups in total. The summed E-state index contributed by atoms with van der Waals surface area (Å²) in [7, 11) is 0. The van der Waals surface area contributed by atoms with Crippen molar-refractivity contribution >= 4 is 5.69 Å². The number of nitrogens with one attached hydrogen (secondary N) is 1. The molecule has 4 heteroatoms. The maximum Gasteiger partial charge on any atom is 0.119 e. The lowest BCUT2D eigenvalue weighted by Crippen LogP contribution is -2.38. The fourth-order valence-corrected chi connectivity index (χ4v) is 2.57. The van der Waals surface area contributed by atoms with E-state index in [4.69, 9.17) is 9.47 Å². The predicted octanol–water partition coefficient (Wildman–Crippen LogP) is 3.39. The van der Waals surface area contributed by atoms with E-state index in [0.717, 1.165) is 63.9 Å². The summed E-state index contributed by atoms with van der Waals surface area (Å²) in [6.07, 6.45) is 4.98. The number of unbranched alkanes of at least 4 members (excludes halogenated alkanes) is 3. The molecule has 0 unspecified atom stereocenters. The number of ether oxygens (including phenoxy) is 2. The highest BCUT2D eigenvalue weighted by Gasteiger charge is 2.08. The molecule has 0 aromatic heterocycles. The van der Waals surface area contributed by atoms with Gasteiger partial charge in [0.1, 0.15) is 5.75 Å². The minimum absolute atomic E-state index is 0.823. The number of morpholine rings is 1. The lowest BCUT2D eigenvalue weighted by Gasteiger charge is -2.26. The molecule has 4 nitrogen and oxygen atoms in total. The number of anilines is 1. The molecule has 0 atom stereocenters. The van der Waals surface area contributed by atoms with E-state index in [1.165, 1.54) is 19.3 Å². The van der Waals surface area contributed by atoms with Crippen molar-refractivity contribution in [3.8, 4) is 5.75 Å². The van der Waals surface area contributed by atoms with Crippen LogP contribution in [-0.4, -0.2) is 50.9 Å². The SMILES string of the molecule is CCCCCCOc1ccc(NCCN2CCOCC2)cc1. The molecule has 1 aliphatic heterocycles. The van der Waals surface area contributed by atoms with Gasteiger partial charge in [0, 0.05) is 31.9 Å². The third-order valence-electron chi connectivity index (χ3n) is 3.98. The van der Waals surface area contributed by atoms with Crippen LogP contribution in [-0.2, 0) is 4.74 Å². The summed E-state index contributed by atoms with van der Waals surface area (Å²) in [5.41, 5.74) is 1.16. The number of hydrogen-bond donors (Lipinski definition) is 1. The van der Waals surface area contributed by atoms with Gasteiger partial charge >= 0.3 is 0 Å². The molecule has 22 heavy (non-hydrogen) atoms. The maximum atomic E-state index is 5.76. The lowest BCUT2D eigenvalue weighted by atomic mass is 10.2. The van der Waals surface area contributed by atoms with Crippen molar-refractivity contribution in [2.45, 2.75) is 32.6 Å². The zero-order chi connectivity index (χ0) is 15.5. The quantitative estimate of drug-likeness (QED) is 0.672. The van der Waals surface area contributed by atoms with Crippen molar-refractivity contribution in [1.82, 2.24) is 4.90 Å². The highest BCUT2D eigenvalue weighted by Crippen LogP contribution is 2.16. The highest BCUT2D eigenvalue weighted by molar-refractivity contribution is 5.46. The first-order valence-corrected chi connectivity index (χ1v) is 8.65. The first-order valence-electron chi connectivity index (χ1n) is 8.65. The molecule has 1 fully saturated rings. The maximum absolute atomic E-state index is 5.76. The van der Waals surface area contributed by atoms with Gasteiger partial charge < -0.3 is 14.8 Å². The Hall–Kier alpha value is -1.26. The van der Waals surface area contributed by atoms with Gasteiger partial charge in [0.15, 0.2) is 0 Å². The average molecular weight is 306 g/mol. The second-order valence-corrected chi connectivity index (χ2v) is 5.81. The smallest absolute Gasteiger partial charge is 0.119 e. The van der Waals surface area contributed by atoms with E-state index in [9.17, 15) is 0 Å². The third kappa shape index (κ3) is 6.67. The standard InChI is InChI=1S/C18H30N2O2/c1-2-3-4-5-14-22-18-8-6-17(7-9-18)19-10-11-20-12-15-21-16-13-20/h6-9,19H,2-5,10-16H2,1H3. The molecule has 0 spiro atoms. The Labute approximate surface area is 134 Å². The van der Waals surface area contributed by atoms with Crippen LogP contribution in [0.1, 0.15) is 32.6 Å². The molecule has 1 aromatic rings. The van der Waals surface area contributed by atoms with Crippen LogP contribution in [0.15, 0.2) is 24.3 Å². The van der Waals surface area contributed by atoms with E-state index >= 15 is 0 Å². The summed E-state index contributed by atoms with van der Waals surface area (Å²) in [6, 6.07) is 8.30. The van der Waals surface area contributed by atoms with Gasteiger partial charge in [-0.2, -0.15) is 0 Å². The molecule has 1 saturated heterocycles. The van der Waals surface area contributed by atoms with Gasteiger partial charge in [-0.05, 0) is 30.7 Å². The second kappa shape index (κ2) is 10.5. The van der Waals surface area contributed by atoms with Crippen molar-refractivity contribution in [3.05, 3.63) is 24.3 Å². The summed E-state index contributed by atoms with van der Waals surface area (Å²) in [6.45, 7) is 8.92. The minimum atomic E-state index is 0.823. The molecule has 1 aliphatic rings. The van der Waals surface area contributed by atoms with Crippen LogP contribution in [0, 0.1) is 0 Å². The lowest BCUT2D eigenvalue weighted by molar-refractivity contribution is 0.0398. The normalized spacial score (nSPS) is 15.7. The van der Waals surface area contributed by atoms with Crippen LogP contribution < -0.4 is 10.1 Å². The molecule has 1 heterocycles. The Balaban J connectivity index is 1.59. The van der Waals surface area contributed by atoms with Crippen LogP contribution in [0.4, 0.5) is 5.69 Å². The molecular weight excluding hydrogens is 276 g/mol. The van der Waals surface area contributed by atoms with Crippen LogP contribution in [0.3, 0.4) is 0 Å². The molecule has 2 rings (SSSR count). The van der Waals surface area contributed by atoms with Gasteiger partial charge in [0.05, 0.1) is 19.8 Å². The van der Waals surface area contributed by atoms with Crippen LogP contribution in [0.5, 0.6) is 5.75 Å². The Morgan fingerprint density at radius 3 is 2.59 bits per heavy atom. The first kappa shape index (κ1) is 17.1. The number of nitrogens with zero attached hydrogens (tertiary/aromatic N) is 1. The highest BCUT2D eigenvalue weighted by atomic mass is 16.5. The fourth-order valence-electron chi connectivity index (χ4n) is 2.57. The van der Waals surface area contributed by atoms with E-state index in [2.05, 4.69) is 41.4 Å². The van der Waals surface area contributed by atoms with Crippen molar-refractivity contribution in [2.75, 3.05) is 51.3 Å². The van der Waals surface area contributed by atoms with Crippen LogP contribution in [0.25, 0.3) is 0 Å². The van der Waals surface area contributed by atoms with Gasteiger partial charge in [-0.15, -0.1) is 0 Å². The second-order valence-electron chi connectivity index (χ2n) is 5.81. The minimum Gasteiger partial charge on any atom is -0.494 e. The fraction of sp³-hybridized carbons (Fsp3) is 0.667. The molecule has 1 aromatic carbocycles. The summed E-state index contributed by atoms with van der Waals surface area (Å²) < 4.78 is 11.1. The Bertz CT molecular complexity index is 389. The van der Waals surface area contributed by atoms with Crippen molar-refractivity contribution < 1.29 is 9.47 Å². The molecule has 124 valence electrons. The number of rotatable bonds is 10. The third-order valence-corrected chi connectivity index (χ3v) is 3.98. The largest absolute Gasteiger partial charge is 0.494 e. The van der Waals surface area contributed by atoms with Gasteiger partial charge in [0.2, 0.25) is 0 Å². The Morgan fingerprint density at radius 2 is 1.86 bits per heavy atom. The number of hydrogen-bond acceptors (Lipinski definition) is 4. The van der Waals surface area contributed by atoms with Crippen LogP contribution >= 0.6 is 0 Å². The van der Waals surface area contributed by atoms with E-state index in [-0.39, 0.29) is 0 Å². The van der Waals surface area contributed by atoms with Gasteiger partial charge in [-0.1, -0.05) is 26.2 Å². The predicted molar refractivity (Wildman–Crippen MR) is 91.8 cm³/mol. The molecule has 0 radical (unpaired) electrons. The number of benzene rings is 1. The topological polar surface area (TPSA) is 33.7 Å². The van der Waals surface area contributed by atoms with Crippen molar-refractivity contribution in [3.63, 3.8) is 0 Å². The summed E-state index contributed by atoms with van der Waals surface area (Å²) in [5.74, 6) is 0.968. The van der Waals surface area contributed by atoms with E-state index in [0.29, 0.717) is 0 Å². The monoisotopic (exact) mass is 306 g/mol. The Kier molecular flexibility index (Phi) is 8.13. The van der Waals surface area contributed by atoms with Crippen molar-refractivity contribution in [2.24, 2.45) is 0 Å². The summed E-state index contributed by atoms with van der Waals surface area (Å²) in [4.78, 5) is 2.43. The zero-order valence-electron chi connectivity index (χ0n) is 13.9. The van der Waals surface area contributed by atoms with E-state index in [1.807, 2.05) is 0 Å². The Morgan fingerprint density at radius 1 is 1.09 bits per heavy atom. The summed E-state index contributed by atoms with van der Waals surface area (Å²) >= 11 is 0. The summed E-state index contributed by atoms with van der Waals surface area (Å²) in [5, 5.41) is 3.47. The van der Waals surface area contributed by atoms with Gasteiger partial charge in [-0.3, -0.25) is 4.90 Å². The van der Waals surface area contributed by atoms with Crippen molar-refractivity contribution in [1.29, 1.82) is 0 Å². The molecule has 0 saturated carbocycles. The molecule has 0 aliphatic carbocycles. The molecule has 0 amide bonds. The molecular formula is C18H30N2O2. The average Bonchev–Trinajstić information content (AvgIpc) is 2.57. The molecule has 0 bridgehead atoms. The van der Waals surface area contributed by atoms with Crippen LogP contribution in [0.2, 0.25) is 0 Å². The van der Waals surface area contributed by atoms with Gasteiger partial charge in [-0.25, -0.2) is 0 Å².